The normalized spacial score (nSPS) is 10.9. The second kappa shape index (κ2) is 7.79. The molecule has 1 aromatic heterocycles. The van der Waals surface area contributed by atoms with Crippen LogP contribution in [-0.2, 0) is 0 Å². The molecule has 5 nitrogen and oxygen atoms in total. The van der Waals surface area contributed by atoms with Gasteiger partial charge in [0, 0.05) is 10.0 Å². The molecule has 0 bridgehead atoms. The first-order chi connectivity index (χ1) is 10.6. The Hall–Kier alpha value is -2.08. The summed E-state index contributed by atoms with van der Waals surface area (Å²) in [6, 6.07) is 7.25. The van der Waals surface area contributed by atoms with Crippen LogP contribution in [0.15, 0.2) is 44.5 Å². The molecule has 1 N–H and O–H groups in total. The number of nitrogens with zero attached hydrogens (tertiary/aromatic N) is 1. The lowest BCUT2D eigenvalue weighted by atomic mass is 10.2. The average Bonchev–Trinajstić information content (AvgIpc) is 2.92. The number of hydrazone groups is 1. The van der Waals surface area contributed by atoms with Gasteiger partial charge < -0.3 is 9.15 Å². The Morgan fingerprint density at radius 2 is 2.27 bits per heavy atom. The van der Waals surface area contributed by atoms with E-state index in [-0.39, 0.29) is 5.91 Å². The van der Waals surface area contributed by atoms with Crippen LogP contribution in [0.25, 0.3) is 0 Å². The number of hydrogen-bond donors (Lipinski definition) is 1. The third-order valence-electron chi connectivity index (χ3n) is 2.91. The van der Waals surface area contributed by atoms with Crippen LogP contribution in [0, 0.1) is 6.92 Å². The van der Waals surface area contributed by atoms with Crippen LogP contribution >= 0.6 is 15.9 Å². The highest BCUT2D eigenvalue weighted by Gasteiger charge is 2.10. The summed E-state index contributed by atoms with van der Waals surface area (Å²) in [7, 11) is 0. The van der Waals surface area contributed by atoms with Crippen molar-refractivity contribution < 1.29 is 13.9 Å². The van der Waals surface area contributed by atoms with E-state index in [2.05, 4.69) is 26.5 Å². The van der Waals surface area contributed by atoms with Crippen LogP contribution in [0.4, 0.5) is 0 Å². The molecular formula is C16H17BrN2O3. The molecular weight excluding hydrogens is 348 g/mol. The van der Waals surface area contributed by atoms with E-state index in [4.69, 9.17) is 9.15 Å². The van der Waals surface area contributed by atoms with Crippen LogP contribution in [0.2, 0.25) is 0 Å². The van der Waals surface area contributed by atoms with Gasteiger partial charge in [-0.3, -0.25) is 4.79 Å². The van der Waals surface area contributed by atoms with Crippen LogP contribution < -0.4 is 10.2 Å². The maximum atomic E-state index is 11.9. The number of rotatable bonds is 6. The van der Waals surface area contributed by atoms with Gasteiger partial charge >= 0.3 is 0 Å². The molecule has 1 amide bonds. The first-order valence-corrected chi connectivity index (χ1v) is 7.71. The maximum Gasteiger partial charge on any atom is 0.274 e. The summed E-state index contributed by atoms with van der Waals surface area (Å²) in [5.74, 6) is 0.971. The lowest BCUT2D eigenvalue weighted by Gasteiger charge is -2.08. The van der Waals surface area contributed by atoms with Crippen LogP contribution in [-0.4, -0.2) is 18.7 Å². The number of halogens is 1. The standard InChI is InChI=1S/C16H17BrN2O3/c1-3-7-22-15-5-4-13(17)9-12(15)10-18-19-16(20)14-6-8-21-11(14)2/h4-6,8-10H,3,7H2,1-2H3,(H,19,20)/b18-10-. The predicted molar refractivity (Wildman–Crippen MR) is 88.4 cm³/mol. The number of carbonyl (C=O) groups is 1. The highest BCUT2D eigenvalue weighted by atomic mass is 79.9. The van der Waals surface area contributed by atoms with E-state index in [0.29, 0.717) is 17.9 Å². The van der Waals surface area contributed by atoms with Crippen molar-refractivity contribution in [1.82, 2.24) is 5.43 Å². The van der Waals surface area contributed by atoms with Crippen molar-refractivity contribution in [3.63, 3.8) is 0 Å². The van der Waals surface area contributed by atoms with E-state index in [1.807, 2.05) is 25.1 Å². The minimum Gasteiger partial charge on any atom is -0.493 e. The van der Waals surface area contributed by atoms with Crippen LogP contribution in [0.1, 0.15) is 35.0 Å². The van der Waals surface area contributed by atoms with Crippen molar-refractivity contribution in [1.29, 1.82) is 0 Å². The zero-order valence-electron chi connectivity index (χ0n) is 12.4. The molecule has 0 radical (unpaired) electrons. The Morgan fingerprint density at radius 3 is 2.95 bits per heavy atom. The molecule has 2 rings (SSSR count). The van der Waals surface area contributed by atoms with E-state index < -0.39 is 0 Å². The number of hydrogen-bond acceptors (Lipinski definition) is 4. The molecule has 0 aliphatic rings. The van der Waals surface area contributed by atoms with Gasteiger partial charge in [0.15, 0.2) is 0 Å². The van der Waals surface area contributed by atoms with Gasteiger partial charge in [-0.2, -0.15) is 5.10 Å². The maximum absolute atomic E-state index is 11.9. The molecule has 0 fully saturated rings. The van der Waals surface area contributed by atoms with E-state index >= 15 is 0 Å². The lowest BCUT2D eigenvalue weighted by Crippen LogP contribution is -2.17. The van der Waals surface area contributed by atoms with Gasteiger partial charge in [-0.05, 0) is 37.6 Å². The van der Waals surface area contributed by atoms with Crippen LogP contribution in [0.5, 0.6) is 5.75 Å². The monoisotopic (exact) mass is 364 g/mol. The van der Waals surface area contributed by atoms with Gasteiger partial charge in [-0.15, -0.1) is 0 Å². The Morgan fingerprint density at radius 1 is 1.45 bits per heavy atom. The Balaban J connectivity index is 2.07. The number of aryl methyl sites for hydroxylation is 1. The number of nitrogens with one attached hydrogen (secondary N) is 1. The molecule has 0 saturated heterocycles. The number of amides is 1. The molecule has 1 heterocycles. The predicted octanol–water partition coefficient (Wildman–Crippen LogP) is 3.90. The molecule has 116 valence electrons. The van der Waals surface area contributed by atoms with Gasteiger partial charge in [-0.1, -0.05) is 22.9 Å². The highest BCUT2D eigenvalue weighted by molar-refractivity contribution is 9.10. The molecule has 0 unspecified atom stereocenters. The molecule has 0 saturated carbocycles. The van der Waals surface area contributed by atoms with Gasteiger partial charge in [0.25, 0.3) is 5.91 Å². The van der Waals surface area contributed by atoms with Crippen LogP contribution in [0.3, 0.4) is 0 Å². The third kappa shape index (κ3) is 4.21. The Labute approximate surface area is 137 Å². The number of furan rings is 1. The molecule has 0 spiro atoms. The zero-order valence-corrected chi connectivity index (χ0v) is 14.0. The first-order valence-electron chi connectivity index (χ1n) is 6.91. The van der Waals surface area contributed by atoms with Gasteiger partial charge in [0.1, 0.15) is 11.5 Å². The van der Waals surface area contributed by atoms with Gasteiger partial charge in [0.05, 0.1) is 24.6 Å². The summed E-state index contributed by atoms with van der Waals surface area (Å²) in [4.78, 5) is 11.9. The molecule has 1 aromatic carbocycles. The van der Waals surface area contributed by atoms with Crippen molar-refractivity contribution in [2.45, 2.75) is 20.3 Å². The minimum atomic E-state index is -0.312. The lowest BCUT2D eigenvalue weighted by molar-refractivity contribution is 0.0953. The second-order valence-electron chi connectivity index (χ2n) is 4.62. The zero-order chi connectivity index (χ0) is 15.9. The summed E-state index contributed by atoms with van der Waals surface area (Å²) in [5.41, 5.74) is 3.73. The smallest absolute Gasteiger partial charge is 0.274 e. The quantitative estimate of drug-likeness (QED) is 0.624. The Bertz CT molecular complexity index is 680. The highest BCUT2D eigenvalue weighted by Crippen LogP contribution is 2.22. The number of ether oxygens (including phenoxy) is 1. The Kier molecular flexibility index (Phi) is 5.77. The summed E-state index contributed by atoms with van der Waals surface area (Å²) in [5, 5.41) is 3.98. The summed E-state index contributed by atoms with van der Waals surface area (Å²) < 4.78 is 11.7. The van der Waals surface area contributed by atoms with Crippen molar-refractivity contribution in [3.05, 3.63) is 51.9 Å². The summed E-state index contributed by atoms with van der Waals surface area (Å²) >= 11 is 3.41. The van der Waals surface area contributed by atoms with Gasteiger partial charge in [0.2, 0.25) is 0 Å². The molecule has 0 atom stereocenters. The van der Waals surface area contributed by atoms with Crippen molar-refractivity contribution in [2.24, 2.45) is 5.10 Å². The molecule has 2 aromatic rings. The largest absolute Gasteiger partial charge is 0.493 e. The van der Waals surface area contributed by atoms with E-state index in [1.54, 1.807) is 19.2 Å². The minimum absolute atomic E-state index is 0.312. The van der Waals surface area contributed by atoms with Crippen molar-refractivity contribution >= 4 is 28.1 Å². The second-order valence-corrected chi connectivity index (χ2v) is 5.54. The molecule has 6 heteroatoms. The third-order valence-corrected chi connectivity index (χ3v) is 3.40. The number of carbonyl (C=O) groups excluding carboxylic acids is 1. The first kappa shape index (κ1) is 16.3. The topological polar surface area (TPSA) is 63.8 Å². The average molecular weight is 365 g/mol. The van der Waals surface area contributed by atoms with E-state index in [1.165, 1.54) is 6.26 Å². The van der Waals surface area contributed by atoms with Crippen molar-refractivity contribution in [2.75, 3.05) is 6.61 Å². The van der Waals surface area contributed by atoms with Crippen molar-refractivity contribution in [3.8, 4) is 5.75 Å². The molecule has 22 heavy (non-hydrogen) atoms. The fourth-order valence-electron chi connectivity index (χ4n) is 1.80. The molecule has 0 aliphatic heterocycles. The molecule has 0 aliphatic carbocycles. The van der Waals surface area contributed by atoms with E-state index in [9.17, 15) is 4.79 Å². The number of benzene rings is 1. The fourth-order valence-corrected chi connectivity index (χ4v) is 2.18. The fraction of sp³-hybridized carbons (Fsp3) is 0.250. The van der Waals surface area contributed by atoms with Gasteiger partial charge in [-0.25, -0.2) is 5.43 Å². The summed E-state index contributed by atoms with van der Waals surface area (Å²) in [6.45, 7) is 4.40. The SMILES string of the molecule is CCCOc1ccc(Br)cc1/C=N\NC(=O)c1ccoc1C. The summed E-state index contributed by atoms with van der Waals surface area (Å²) in [6.07, 6.45) is 3.95. The van der Waals surface area contributed by atoms with E-state index in [0.717, 1.165) is 22.2 Å².